The summed E-state index contributed by atoms with van der Waals surface area (Å²) in [4.78, 5) is 12.1. The molecule has 0 aliphatic heterocycles. The van der Waals surface area contributed by atoms with Crippen molar-refractivity contribution in [2.24, 2.45) is 0 Å². The lowest BCUT2D eigenvalue weighted by atomic mass is 10.1. The van der Waals surface area contributed by atoms with Crippen LogP contribution < -0.4 is 23.7 Å². The van der Waals surface area contributed by atoms with Crippen LogP contribution in [0, 0.1) is 40.9 Å². The first-order valence-electron chi connectivity index (χ1n) is 21.2. The summed E-state index contributed by atoms with van der Waals surface area (Å²) in [5, 5.41) is 27.8. The van der Waals surface area contributed by atoms with Gasteiger partial charge in [-0.05, 0) is 96.4 Å². The maximum atomic E-state index is 9.29. The van der Waals surface area contributed by atoms with Gasteiger partial charge in [0.25, 0.3) is 0 Å². The molecule has 14 heteroatoms. The monoisotopic (exact) mass is 899 g/mol. The molecule has 14 nitrogen and oxygen atoms in total. The lowest BCUT2D eigenvalue weighted by molar-refractivity contribution is 0.378. The van der Waals surface area contributed by atoms with E-state index in [1.807, 2.05) is 142 Å². The lowest BCUT2D eigenvalue weighted by Gasteiger charge is -2.12. The molecule has 3 aromatic heterocycles. The molecule has 0 aliphatic rings. The minimum atomic E-state index is 0.477. The van der Waals surface area contributed by atoms with E-state index in [-0.39, 0.29) is 0 Å². The van der Waals surface area contributed by atoms with Crippen LogP contribution in [0.5, 0.6) is 46.0 Å². The fraction of sp³-hybridized carbons (Fsp3) is 0.111. The van der Waals surface area contributed by atoms with Crippen molar-refractivity contribution in [2.45, 2.75) is 26.6 Å². The second kappa shape index (κ2) is 23.4. The molecule has 0 atom stereocenters. The van der Waals surface area contributed by atoms with Gasteiger partial charge in [-0.3, -0.25) is 0 Å². The summed E-state index contributed by atoms with van der Waals surface area (Å²) in [6, 6.07) is 45.6. The Morgan fingerprint density at radius 1 is 0.426 bits per heavy atom. The fourth-order valence-electron chi connectivity index (χ4n) is 6.65. The smallest absolute Gasteiger partial charge is 0.169 e. The summed E-state index contributed by atoms with van der Waals surface area (Å²) >= 11 is 0. The summed E-state index contributed by atoms with van der Waals surface area (Å²) in [6.07, 6.45) is 16.2. The molecule has 0 N–H and O–H groups in total. The fourth-order valence-corrected chi connectivity index (χ4v) is 6.65. The molecule has 0 unspecified atom stereocenters. The molecule has 0 fully saturated rings. The second-order valence-corrected chi connectivity index (χ2v) is 15.0. The highest BCUT2D eigenvalue weighted by molar-refractivity contribution is 5.51. The average Bonchev–Trinajstić information content (AvgIpc) is 4.20. The van der Waals surface area contributed by atoms with Crippen molar-refractivity contribution in [3.8, 4) is 64.2 Å². The van der Waals surface area contributed by atoms with E-state index in [4.69, 9.17) is 23.7 Å². The maximum absolute atomic E-state index is 9.29. The van der Waals surface area contributed by atoms with Crippen LogP contribution >= 0.6 is 0 Å². The van der Waals surface area contributed by atoms with Crippen molar-refractivity contribution < 1.29 is 23.7 Å². The number of methoxy groups -OCH3 is 2. The number of ether oxygens (including phenoxy) is 5. The molecule has 0 radical (unpaired) electrons. The Morgan fingerprint density at radius 2 is 0.868 bits per heavy atom. The van der Waals surface area contributed by atoms with E-state index >= 15 is 0 Å². The average molecular weight is 900 g/mol. The van der Waals surface area contributed by atoms with E-state index in [1.54, 1.807) is 76.1 Å². The molecular weight excluding hydrogens is 855 g/mol. The van der Waals surface area contributed by atoms with E-state index in [9.17, 15) is 15.8 Å². The van der Waals surface area contributed by atoms with Crippen LogP contribution in [-0.4, -0.2) is 42.9 Å². The maximum Gasteiger partial charge on any atom is 0.169 e. The molecule has 0 spiro atoms. The standard InChI is InChI=1S/2C18H15N3O2.C18H15N3O/c1-22-16-3-2-4-17(10-16)23-18-9-14(5-6-15(18)11-19)12-21-8-7-20-13-21;1-22-16-4-2-3-5-17(16)23-18-10-14(6-7-15(18)11-19)12-21-9-8-20-13-21;1-14-2-6-17(7-3-14)22-18-10-15(4-5-16(18)11-19)12-21-9-8-20-13-21/h2*2-10,13H,12H2,1H3;2-10,13H,12H2,1H3. The number of para-hydroxylation sites is 2. The zero-order valence-electron chi connectivity index (χ0n) is 37.5. The number of aromatic nitrogens is 6. The summed E-state index contributed by atoms with van der Waals surface area (Å²) in [5.74, 6) is 4.86. The molecule has 0 saturated heterocycles. The van der Waals surface area contributed by atoms with Crippen molar-refractivity contribution in [3.63, 3.8) is 0 Å². The van der Waals surface area contributed by atoms with Gasteiger partial charge in [0.05, 0.1) is 49.9 Å². The van der Waals surface area contributed by atoms with Gasteiger partial charge in [-0.1, -0.05) is 54.1 Å². The van der Waals surface area contributed by atoms with Crippen LogP contribution in [0.4, 0.5) is 0 Å². The molecule has 0 bridgehead atoms. The lowest BCUT2D eigenvalue weighted by Crippen LogP contribution is -1.98. The third kappa shape index (κ3) is 13.0. The minimum Gasteiger partial charge on any atom is -0.497 e. The van der Waals surface area contributed by atoms with Gasteiger partial charge in [0.2, 0.25) is 0 Å². The number of aryl methyl sites for hydroxylation is 1. The van der Waals surface area contributed by atoms with Crippen molar-refractivity contribution in [1.29, 1.82) is 15.8 Å². The van der Waals surface area contributed by atoms with Gasteiger partial charge in [0, 0.05) is 62.9 Å². The van der Waals surface area contributed by atoms with Crippen molar-refractivity contribution in [3.05, 3.63) is 223 Å². The third-order valence-corrected chi connectivity index (χ3v) is 10.1. The predicted molar refractivity (Wildman–Crippen MR) is 255 cm³/mol. The number of benzene rings is 6. The summed E-state index contributed by atoms with van der Waals surface area (Å²) in [7, 11) is 3.19. The minimum absolute atomic E-state index is 0.477. The number of hydrogen-bond acceptors (Lipinski definition) is 11. The first-order valence-corrected chi connectivity index (χ1v) is 21.2. The Balaban J connectivity index is 0.000000151. The number of nitriles is 3. The molecule has 3 heterocycles. The zero-order valence-corrected chi connectivity index (χ0v) is 37.5. The Kier molecular flexibility index (Phi) is 16.0. The van der Waals surface area contributed by atoms with Gasteiger partial charge in [-0.15, -0.1) is 0 Å². The van der Waals surface area contributed by atoms with Gasteiger partial charge in [-0.25, -0.2) is 15.0 Å². The topological polar surface area (TPSA) is 171 Å². The third-order valence-electron chi connectivity index (χ3n) is 10.1. The molecule has 0 amide bonds. The first-order chi connectivity index (χ1) is 33.3. The van der Waals surface area contributed by atoms with Crippen LogP contribution in [0.25, 0.3) is 0 Å². The molecule has 9 aromatic rings. The first kappa shape index (κ1) is 46.4. The van der Waals surface area contributed by atoms with Crippen LogP contribution in [-0.2, 0) is 19.6 Å². The van der Waals surface area contributed by atoms with E-state index in [0.717, 1.165) is 22.4 Å². The van der Waals surface area contributed by atoms with Gasteiger partial charge >= 0.3 is 0 Å². The Hall–Kier alpha value is -9.58. The highest BCUT2D eigenvalue weighted by Crippen LogP contribution is 2.34. The largest absolute Gasteiger partial charge is 0.497 e. The molecule has 0 saturated carbocycles. The summed E-state index contributed by atoms with van der Waals surface area (Å²) in [6.45, 7) is 4.04. The highest BCUT2D eigenvalue weighted by atomic mass is 16.5. The Morgan fingerprint density at radius 3 is 1.29 bits per heavy atom. The highest BCUT2D eigenvalue weighted by Gasteiger charge is 2.12. The van der Waals surface area contributed by atoms with Crippen LogP contribution in [0.1, 0.15) is 38.9 Å². The van der Waals surface area contributed by atoms with Crippen LogP contribution in [0.2, 0.25) is 0 Å². The van der Waals surface area contributed by atoms with E-state index in [2.05, 4.69) is 33.2 Å². The van der Waals surface area contributed by atoms with E-state index in [1.165, 1.54) is 5.56 Å². The van der Waals surface area contributed by atoms with E-state index in [0.29, 0.717) is 76.6 Å². The number of imidazole rings is 3. The van der Waals surface area contributed by atoms with Gasteiger partial charge in [-0.2, -0.15) is 15.8 Å². The zero-order chi connectivity index (χ0) is 47.5. The van der Waals surface area contributed by atoms with Gasteiger partial charge in [0.15, 0.2) is 11.5 Å². The molecular formula is C54H45N9O5. The summed E-state index contributed by atoms with van der Waals surface area (Å²) < 4.78 is 34.0. The predicted octanol–water partition coefficient (Wildman–Crippen LogP) is 11.1. The van der Waals surface area contributed by atoms with Crippen LogP contribution in [0.15, 0.2) is 184 Å². The SMILES string of the molecule is COc1cccc(Oc2cc(Cn3ccnc3)ccc2C#N)c1.COc1ccccc1Oc1cc(Cn2ccnc2)ccc1C#N.Cc1ccc(Oc2cc(Cn3ccnc3)ccc2C#N)cc1. The molecule has 6 aromatic carbocycles. The molecule has 336 valence electrons. The summed E-state index contributed by atoms with van der Waals surface area (Å²) in [5.41, 5.74) is 5.76. The van der Waals surface area contributed by atoms with Gasteiger partial charge in [0.1, 0.15) is 52.7 Å². The second-order valence-electron chi connectivity index (χ2n) is 15.0. The van der Waals surface area contributed by atoms with Gasteiger partial charge < -0.3 is 37.4 Å². The Bertz CT molecular complexity index is 3150. The number of rotatable bonds is 14. The molecule has 0 aliphatic carbocycles. The Labute approximate surface area is 394 Å². The normalized spacial score (nSPS) is 10.1. The van der Waals surface area contributed by atoms with Crippen LogP contribution in [0.3, 0.4) is 0 Å². The van der Waals surface area contributed by atoms with E-state index < -0.39 is 0 Å². The quantitative estimate of drug-likeness (QED) is 0.102. The molecule has 9 rings (SSSR count). The number of hydrogen-bond donors (Lipinski definition) is 0. The van der Waals surface area contributed by atoms with Crippen molar-refractivity contribution in [1.82, 2.24) is 28.7 Å². The molecule has 68 heavy (non-hydrogen) atoms. The van der Waals surface area contributed by atoms with Crippen molar-refractivity contribution in [2.75, 3.05) is 14.2 Å². The number of nitrogens with zero attached hydrogens (tertiary/aromatic N) is 9. The van der Waals surface area contributed by atoms with Crippen molar-refractivity contribution >= 4 is 0 Å².